The topological polar surface area (TPSA) is 56.1 Å². The normalized spacial score (nSPS) is 20.7. The maximum atomic E-state index is 11.9. The number of nitrogens with one attached hydrogen (secondary N) is 1. The van der Waals surface area contributed by atoms with E-state index in [1.807, 2.05) is 6.33 Å². The molecular formula is C13H19N3O2. The van der Waals surface area contributed by atoms with E-state index in [1.165, 1.54) is 32.8 Å². The second-order valence-corrected chi connectivity index (χ2v) is 5.26. The van der Waals surface area contributed by atoms with Crippen molar-refractivity contribution >= 4 is 5.97 Å². The summed E-state index contributed by atoms with van der Waals surface area (Å²) in [5.74, 6) is 0.507. The highest BCUT2D eigenvalue weighted by Gasteiger charge is 2.32. The van der Waals surface area contributed by atoms with E-state index >= 15 is 0 Å². The highest BCUT2D eigenvalue weighted by atomic mass is 16.5. The molecule has 3 rings (SSSR count). The Labute approximate surface area is 107 Å². The lowest BCUT2D eigenvalue weighted by molar-refractivity contribution is -0.143. The molecule has 0 amide bonds. The van der Waals surface area contributed by atoms with Gasteiger partial charge in [-0.3, -0.25) is 5.32 Å². The van der Waals surface area contributed by atoms with E-state index in [-0.39, 0.29) is 12.0 Å². The molecule has 0 aliphatic heterocycles. The molecule has 0 bridgehead atoms. The second-order valence-electron chi connectivity index (χ2n) is 5.26. The van der Waals surface area contributed by atoms with E-state index in [1.54, 1.807) is 6.20 Å². The highest BCUT2D eigenvalue weighted by Crippen LogP contribution is 2.37. The molecule has 1 aromatic heterocycles. The molecule has 2 aliphatic carbocycles. The van der Waals surface area contributed by atoms with Gasteiger partial charge in [0, 0.05) is 6.04 Å². The van der Waals surface area contributed by atoms with Gasteiger partial charge in [0.2, 0.25) is 0 Å². The minimum atomic E-state index is -0.376. The first kappa shape index (κ1) is 11.7. The fraction of sp³-hybridized carbons (Fsp3) is 0.692. The van der Waals surface area contributed by atoms with Crippen LogP contribution < -0.4 is 5.32 Å². The van der Waals surface area contributed by atoms with E-state index in [4.69, 9.17) is 4.74 Å². The molecule has 1 aromatic rings. The zero-order chi connectivity index (χ0) is 12.5. The van der Waals surface area contributed by atoms with Crippen molar-refractivity contribution < 1.29 is 9.53 Å². The van der Waals surface area contributed by atoms with E-state index < -0.39 is 0 Å². The van der Waals surface area contributed by atoms with Crippen LogP contribution in [0.3, 0.4) is 0 Å². The van der Waals surface area contributed by atoms with Crippen LogP contribution in [0.1, 0.15) is 43.5 Å². The number of ether oxygens (including phenoxy) is 1. The number of nitrogens with zero attached hydrogens (tertiary/aromatic N) is 2. The van der Waals surface area contributed by atoms with Crippen LogP contribution in [0.2, 0.25) is 0 Å². The molecule has 0 spiro atoms. The molecule has 2 aliphatic rings. The smallest absolute Gasteiger partial charge is 0.329 e. The Morgan fingerprint density at radius 1 is 1.56 bits per heavy atom. The van der Waals surface area contributed by atoms with Crippen LogP contribution in [0.4, 0.5) is 0 Å². The van der Waals surface area contributed by atoms with Crippen LogP contribution >= 0.6 is 0 Å². The van der Waals surface area contributed by atoms with Gasteiger partial charge < -0.3 is 9.30 Å². The third kappa shape index (κ3) is 2.41. The molecule has 5 heteroatoms. The van der Waals surface area contributed by atoms with Gasteiger partial charge >= 0.3 is 5.97 Å². The fourth-order valence-electron chi connectivity index (χ4n) is 2.23. The van der Waals surface area contributed by atoms with Crippen LogP contribution in [-0.4, -0.2) is 29.2 Å². The average Bonchev–Trinajstić information content (AvgIpc) is 3.30. The quantitative estimate of drug-likeness (QED) is 0.775. The third-order valence-corrected chi connectivity index (χ3v) is 3.68. The van der Waals surface area contributed by atoms with Gasteiger partial charge in [-0.2, -0.15) is 0 Å². The largest absolute Gasteiger partial charge is 0.468 e. The minimum absolute atomic E-state index is 0.224. The number of carbonyl (C=O) groups excluding carboxylic acids is 1. The second kappa shape index (κ2) is 4.72. The molecule has 0 aromatic carbocycles. The SMILES string of the molecule is COC(=O)C(NCC1CC1)c1cncn1C1CC1. The summed E-state index contributed by atoms with van der Waals surface area (Å²) in [5.41, 5.74) is 0.935. The summed E-state index contributed by atoms with van der Waals surface area (Å²) in [6.07, 6.45) is 8.49. The maximum absolute atomic E-state index is 11.9. The zero-order valence-corrected chi connectivity index (χ0v) is 10.6. The zero-order valence-electron chi connectivity index (χ0n) is 10.6. The molecule has 2 fully saturated rings. The van der Waals surface area contributed by atoms with Gasteiger partial charge in [0.05, 0.1) is 25.3 Å². The van der Waals surface area contributed by atoms with E-state index in [0.29, 0.717) is 6.04 Å². The van der Waals surface area contributed by atoms with Crippen LogP contribution in [0.25, 0.3) is 0 Å². The number of esters is 1. The maximum Gasteiger partial charge on any atom is 0.329 e. The van der Waals surface area contributed by atoms with Crippen molar-refractivity contribution in [2.75, 3.05) is 13.7 Å². The Balaban J connectivity index is 1.76. The summed E-state index contributed by atoms with van der Waals surface area (Å²) >= 11 is 0. The van der Waals surface area contributed by atoms with Crippen molar-refractivity contribution in [1.82, 2.24) is 14.9 Å². The Kier molecular flexibility index (Phi) is 3.07. The molecule has 18 heavy (non-hydrogen) atoms. The summed E-state index contributed by atoms with van der Waals surface area (Å²) in [5, 5.41) is 3.32. The summed E-state index contributed by atoms with van der Waals surface area (Å²) in [6.45, 7) is 0.885. The summed E-state index contributed by atoms with van der Waals surface area (Å²) in [4.78, 5) is 16.1. The van der Waals surface area contributed by atoms with Crippen molar-refractivity contribution in [1.29, 1.82) is 0 Å². The number of aromatic nitrogens is 2. The summed E-state index contributed by atoms with van der Waals surface area (Å²) in [7, 11) is 1.44. The molecular weight excluding hydrogens is 230 g/mol. The number of methoxy groups -OCH3 is 1. The number of imidazole rings is 1. The number of carbonyl (C=O) groups is 1. The van der Waals surface area contributed by atoms with Gasteiger partial charge in [-0.25, -0.2) is 9.78 Å². The van der Waals surface area contributed by atoms with Crippen molar-refractivity contribution in [3.63, 3.8) is 0 Å². The molecule has 0 radical (unpaired) electrons. The monoisotopic (exact) mass is 249 g/mol. The average molecular weight is 249 g/mol. The van der Waals surface area contributed by atoms with Crippen LogP contribution in [0.5, 0.6) is 0 Å². The molecule has 5 nitrogen and oxygen atoms in total. The van der Waals surface area contributed by atoms with Gasteiger partial charge in [0.25, 0.3) is 0 Å². The lowest BCUT2D eigenvalue weighted by atomic mass is 10.2. The predicted octanol–water partition coefficient (Wildman–Crippen LogP) is 1.43. The van der Waals surface area contributed by atoms with Gasteiger partial charge in [0.1, 0.15) is 6.04 Å². The van der Waals surface area contributed by atoms with Crippen LogP contribution in [0.15, 0.2) is 12.5 Å². The highest BCUT2D eigenvalue weighted by molar-refractivity contribution is 5.77. The lowest BCUT2D eigenvalue weighted by Gasteiger charge is -2.18. The Bertz CT molecular complexity index is 435. The Morgan fingerprint density at radius 2 is 2.33 bits per heavy atom. The number of hydrogen-bond donors (Lipinski definition) is 1. The first-order valence-corrected chi connectivity index (χ1v) is 6.62. The van der Waals surface area contributed by atoms with Crippen molar-refractivity contribution in [3.8, 4) is 0 Å². The molecule has 2 saturated carbocycles. The first-order chi connectivity index (χ1) is 8.79. The van der Waals surface area contributed by atoms with Gasteiger partial charge in [-0.15, -0.1) is 0 Å². The third-order valence-electron chi connectivity index (χ3n) is 3.68. The molecule has 1 unspecified atom stereocenters. The molecule has 1 heterocycles. The number of hydrogen-bond acceptors (Lipinski definition) is 4. The standard InChI is InChI=1S/C13H19N3O2/c1-18-13(17)12(15-6-9-2-3-9)11-7-14-8-16(11)10-4-5-10/h7-10,12,15H,2-6H2,1H3. The first-order valence-electron chi connectivity index (χ1n) is 6.62. The van der Waals surface area contributed by atoms with Gasteiger partial charge in [-0.05, 0) is 38.1 Å². The Morgan fingerprint density at radius 3 is 2.94 bits per heavy atom. The van der Waals surface area contributed by atoms with E-state index in [2.05, 4.69) is 14.9 Å². The van der Waals surface area contributed by atoms with E-state index in [0.717, 1.165) is 18.2 Å². The molecule has 0 saturated heterocycles. The van der Waals surface area contributed by atoms with Crippen LogP contribution in [0, 0.1) is 5.92 Å². The fourth-order valence-corrected chi connectivity index (χ4v) is 2.23. The van der Waals surface area contributed by atoms with Crippen molar-refractivity contribution in [2.45, 2.75) is 37.8 Å². The number of rotatable bonds is 6. The minimum Gasteiger partial charge on any atom is -0.468 e. The van der Waals surface area contributed by atoms with Crippen molar-refractivity contribution in [2.24, 2.45) is 5.92 Å². The van der Waals surface area contributed by atoms with Crippen molar-refractivity contribution in [3.05, 3.63) is 18.2 Å². The Hall–Kier alpha value is -1.36. The van der Waals surface area contributed by atoms with Gasteiger partial charge in [0.15, 0.2) is 0 Å². The van der Waals surface area contributed by atoms with Crippen LogP contribution in [-0.2, 0) is 9.53 Å². The van der Waals surface area contributed by atoms with E-state index in [9.17, 15) is 4.79 Å². The van der Waals surface area contributed by atoms with Gasteiger partial charge in [-0.1, -0.05) is 0 Å². The molecule has 1 N–H and O–H groups in total. The molecule has 1 atom stereocenters. The predicted molar refractivity (Wildman–Crippen MR) is 66.0 cm³/mol. The molecule has 98 valence electrons. The summed E-state index contributed by atoms with van der Waals surface area (Å²) < 4.78 is 7.01. The summed E-state index contributed by atoms with van der Waals surface area (Å²) in [6, 6.07) is 0.149. The lowest BCUT2D eigenvalue weighted by Crippen LogP contribution is -2.32.